The highest BCUT2D eigenvalue weighted by molar-refractivity contribution is 5.98. The highest BCUT2D eigenvalue weighted by Crippen LogP contribution is 2.18. The van der Waals surface area contributed by atoms with Gasteiger partial charge in [0.1, 0.15) is 0 Å². The third kappa shape index (κ3) is 6.22. The molecule has 5 nitrogen and oxygen atoms in total. The van der Waals surface area contributed by atoms with Gasteiger partial charge in [-0.25, -0.2) is 4.39 Å². The Morgan fingerprint density at radius 2 is 1.95 bits per heavy atom. The van der Waals surface area contributed by atoms with Gasteiger partial charge in [0.15, 0.2) is 17.3 Å². The standard InChI is InChI=1S/C16H23FN2O3/c1-3-8-18-9-10-19-16(21)7-5-14(20)12-4-6-15(22-2)13(17)11-12/h4,6,11,18H,3,5,7-10H2,1-2H3,(H,19,21). The van der Waals surface area contributed by atoms with Crippen LogP contribution in [0.1, 0.15) is 36.5 Å². The fraction of sp³-hybridized carbons (Fsp3) is 0.500. The third-order valence-electron chi connectivity index (χ3n) is 3.10. The number of halogens is 1. The van der Waals surface area contributed by atoms with Crippen molar-refractivity contribution < 1.29 is 18.7 Å². The average Bonchev–Trinajstić information content (AvgIpc) is 2.52. The molecule has 1 aromatic carbocycles. The van der Waals surface area contributed by atoms with Gasteiger partial charge < -0.3 is 15.4 Å². The molecule has 1 amide bonds. The van der Waals surface area contributed by atoms with Crippen molar-refractivity contribution in [3.8, 4) is 5.75 Å². The zero-order valence-corrected chi connectivity index (χ0v) is 13.1. The molecule has 2 N–H and O–H groups in total. The molecule has 1 rings (SSSR count). The Hall–Kier alpha value is -1.95. The van der Waals surface area contributed by atoms with Crippen LogP contribution in [0.5, 0.6) is 5.75 Å². The lowest BCUT2D eigenvalue weighted by atomic mass is 10.1. The van der Waals surface area contributed by atoms with Gasteiger partial charge in [-0.1, -0.05) is 6.92 Å². The maximum atomic E-state index is 13.5. The second-order valence-electron chi connectivity index (χ2n) is 4.87. The van der Waals surface area contributed by atoms with Crippen molar-refractivity contribution >= 4 is 11.7 Å². The molecule has 0 atom stereocenters. The molecule has 0 aliphatic carbocycles. The minimum Gasteiger partial charge on any atom is -0.494 e. The molecular weight excluding hydrogens is 287 g/mol. The molecule has 0 bridgehead atoms. The summed E-state index contributed by atoms with van der Waals surface area (Å²) < 4.78 is 18.3. The van der Waals surface area contributed by atoms with Crippen LogP contribution in [0.25, 0.3) is 0 Å². The van der Waals surface area contributed by atoms with Crippen LogP contribution in [0.2, 0.25) is 0 Å². The van der Waals surface area contributed by atoms with Crippen LogP contribution in [0.3, 0.4) is 0 Å². The van der Waals surface area contributed by atoms with Crippen LogP contribution < -0.4 is 15.4 Å². The second kappa shape index (κ2) is 9.89. The van der Waals surface area contributed by atoms with E-state index >= 15 is 0 Å². The molecule has 0 aliphatic rings. The summed E-state index contributed by atoms with van der Waals surface area (Å²) in [6.45, 7) is 4.22. The summed E-state index contributed by atoms with van der Waals surface area (Å²) in [4.78, 5) is 23.5. The molecule has 0 saturated heterocycles. The molecule has 0 unspecified atom stereocenters. The van der Waals surface area contributed by atoms with Crippen LogP contribution >= 0.6 is 0 Å². The maximum Gasteiger partial charge on any atom is 0.220 e. The number of hydrogen-bond acceptors (Lipinski definition) is 4. The van der Waals surface area contributed by atoms with E-state index in [1.165, 1.54) is 19.2 Å². The van der Waals surface area contributed by atoms with E-state index in [1.807, 2.05) is 0 Å². The van der Waals surface area contributed by atoms with E-state index in [0.717, 1.165) is 19.0 Å². The summed E-state index contributed by atoms with van der Waals surface area (Å²) in [5.74, 6) is -0.935. The van der Waals surface area contributed by atoms with Crippen molar-refractivity contribution in [2.45, 2.75) is 26.2 Å². The molecule has 1 aromatic rings. The van der Waals surface area contributed by atoms with Gasteiger partial charge in [0.05, 0.1) is 7.11 Å². The van der Waals surface area contributed by atoms with Gasteiger partial charge >= 0.3 is 0 Å². The average molecular weight is 310 g/mol. The van der Waals surface area contributed by atoms with Crippen molar-refractivity contribution in [3.05, 3.63) is 29.6 Å². The predicted octanol–water partition coefficient (Wildman–Crippen LogP) is 1.91. The first-order valence-electron chi connectivity index (χ1n) is 7.42. The van der Waals surface area contributed by atoms with Gasteiger partial charge in [0.25, 0.3) is 0 Å². The Bertz CT molecular complexity index is 506. The summed E-state index contributed by atoms with van der Waals surface area (Å²) >= 11 is 0. The zero-order valence-electron chi connectivity index (χ0n) is 13.1. The van der Waals surface area contributed by atoms with Gasteiger partial charge in [-0.05, 0) is 31.2 Å². The Balaban J connectivity index is 2.33. The van der Waals surface area contributed by atoms with Crippen molar-refractivity contribution in [1.29, 1.82) is 0 Å². The number of Topliss-reactive ketones (excluding diaryl/α,β-unsaturated/α-hetero) is 1. The van der Waals surface area contributed by atoms with E-state index < -0.39 is 5.82 Å². The van der Waals surface area contributed by atoms with Gasteiger partial charge in [-0.2, -0.15) is 0 Å². The molecule has 0 fully saturated rings. The molecule has 6 heteroatoms. The topological polar surface area (TPSA) is 67.4 Å². The smallest absolute Gasteiger partial charge is 0.220 e. The molecule has 0 aliphatic heterocycles. The SMILES string of the molecule is CCCNCCNC(=O)CCC(=O)c1ccc(OC)c(F)c1. The minimum atomic E-state index is -0.584. The zero-order chi connectivity index (χ0) is 16.4. The first-order valence-corrected chi connectivity index (χ1v) is 7.42. The largest absolute Gasteiger partial charge is 0.494 e. The van der Waals surface area contributed by atoms with Gasteiger partial charge in [-0.3, -0.25) is 9.59 Å². The molecule has 0 heterocycles. The lowest BCUT2D eigenvalue weighted by Crippen LogP contribution is -2.32. The first kappa shape index (κ1) is 18.1. The summed E-state index contributed by atoms with van der Waals surface area (Å²) in [6, 6.07) is 4.03. The van der Waals surface area contributed by atoms with Crippen molar-refractivity contribution in [2.24, 2.45) is 0 Å². The Kier molecular flexibility index (Phi) is 8.14. The predicted molar refractivity (Wildman–Crippen MR) is 82.7 cm³/mol. The molecular formula is C16H23FN2O3. The molecule has 0 saturated carbocycles. The number of methoxy groups -OCH3 is 1. The first-order chi connectivity index (χ1) is 10.6. The number of benzene rings is 1. The van der Waals surface area contributed by atoms with E-state index in [2.05, 4.69) is 17.6 Å². The van der Waals surface area contributed by atoms with E-state index in [4.69, 9.17) is 4.74 Å². The lowest BCUT2D eigenvalue weighted by molar-refractivity contribution is -0.121. The number of nitrogens with one attached hydrogen (secondary N) is 2. The van der Waals surface area contributed by atoms with E-state index in [-0.39, 0.29) is 35.8 Å². The Morgan fingerprint density at radius 1 is 1.18 bits per heavy atom. The number of rotatable bonds is 10. The third-order valence-corrected chi connectivity index (χ3v) is 3.10. The summed E-state index contributed by atoms with van der Waals surface area (Å²) in [5.41, 5.74) is 0.246. The lowest BCUT2D eigenvalue weighted by Gasteiger charge is -2.07. The fourth-order valence-electron chi connectivity index (χ4n) is 1.89. The number of hydrogen-bond donors (Lipinski definition) is 2. The van der Waals surface area contributed by atoms with E-state index in [9.17, 15) is 14.0 Å². The highest BCUT2D eigenvalue weighted by atomic mass is 19.1. The Labute approximate surface area is 130 Å². The maximum absolute atomic E-state index is 13.5. The van der Waals surface area contributed by atoms with Crippen molar-refractivity contribution in [3.63, 3.8) is 0 Å². The number of carbonyl (C=O) groups excluding carboxylic acids is 2. The normalized spacial score (nSPS) is 10.3. The van der Waals surface area contributed by atoms with Gasteiger partial charge in [0, 0.05) is 31.5 Å². The second-order valence-corrected chi connectivity index (χ2v) is 4.87. The van der Waals surface area contributed by atoms with Crippen LogP contribution in [0.4, 0.5) is 4.39 Å². The number of amides is 1. The van der Waals surface area contributed by atoms with Crippen LogP contribution in [-0.4, -0.2) is 38.4 Å². The van der Waals surface area contributed by atoms with Gasteiger partial charge in [0.2, 0.25) is 5.91 Å². The fourth-order valence-corrected chi connectivity index (χ4v) is 1.89. The summed E-state index contributed by atoms with van der Waals surface area (Å²) in [5, 5.41) is 5.89. The Morgan fingerprint density at radius 3 is 2.59 bits per heavy atom. The molecule has 22 heavy (non-hydrogen) atoms. The van der Waals surface area contributed by atoms with Crippen molar-refractivity contribution in [2.75, 3.05) is 26.7 Å². The number of carbonyl (C=O) groups is 2. The van der Waals surface area contributed by atoms with E-state index in [1.54, 1.807) is 0 Å². The van der Waals surface area contributed by atoms with E-state index in [0.29, 0.717) is 13.1 Å². The quantitative estimate of drug-likeness (QED) is 0.512. The van der Waals surface area contributed by atoms with Crippen LogP contribution in [0, 0.1) is 5.82 Å². The van der Waals surface area contributed by atoms with Crippen LogP contribution in [0.15, 0.2) is 18.2 Å². The molecule has 0 aromatic heterocycles. The summed E-state index contributed by atoms with van der Waals surface area (Å²) in [6.07, 6.45) is 1.20. The number of ether oxygens (including phenoxy) is 1. The number of ketones is 1. The van der Waals surface area contributed by atoms with Crippen molar-refractivity contribution in [1.82, 2.24) is 10.6 Å². The molecule has 0 spiro atoms. The highest BCUT2D eigenvalue weighted by Gasteiger charge is 2.12. The molecule has 122 valence electrons. The monoisotopic (exact) mass is 310 g/mol. The minimum absolute atomic E-state index is 0.0555. The van der Waals surface area contributed by atoms with Crippen LogP contribution in [-0.2, 0) is 4.79 Å². The summed E-state index contributed by atoms with van der Waals surface area (Å²) in [7, 11) is 1.36. The van der Waals surface area contributed by atoms with Gasteiger partial charge in [-0.15, -0.1) is 0 Å². The molecule has 0 radical (unpaired) electrons.